The molecule has 94 valence electrons. The van der Waals surface area contributed by atoms with Gasteiger partial charge in [-0.3, -0.25) is 0 Å². The normalized spacial score (nSPS) is 9.56. The van der Waals surface area contributed by atoms with Gasteiger partial charge in [-0.1, -0.05) is 6.07 Å². The Morgan fingerprint density at radius 1 is 1.39 bits per heavy atom. The predicted molar refractivity (Wildman–Crippen MR) is 63.3 cm³/mol. The number of carbonyl (C=O) groups excluding carboxylic acids is 1. The molecule has 1 N–H and O–H groups in total. The lowest BCUT2D eigenvalue weighted by atomic mass is 10.0. The van der Waals surface area contributed by atoms with Crippen molar-refractivity contribution in [3.63, 3.8) is 0 Å². The van der Waals surface area contributed by atoms with Gasteiger partial charge in [-0.25, -0.2) is 9.59 Å². The Morgan fingerprint density at radius 3 is 2.67 bits per heavy atom. The van der Waals surface area contributed by atoms with Crippen LogP contribution in [0.2, 0.25) is 0 Å². The fraction of sp³-hybridized carbons (Fsp3) is 0.308. The van der Waals surface area contributed by atoms with Crippen molar-refractivity contribution in [3.05, 3.63) is 34.9 Å². The lowest BCUT2D eigenvalue weighted by molar-refractivity contribution is 0.0514. The molecule has 0 aromatic heterocycles. The van der Waals surface area contributed by atoms with Gasteiger partial charge in [0.2, 0.25) is 0 Å². The van der Waals surface area contributed by atoms with Crippen LogP contribution in [0, 0.1) is 11.3 Å². The molecule has 0 saturated heterocycles. The zero-order valence-corrected chi connectivity index (χ0v) is 9.97. The highest BCUT2D eigenvalue weighted by molar-refractivity contribution is 6.02. The number of ether oxygens (including phenoxy) is 1. The Kier molecular flexibility index (Phi) is 4.88. The standard InChI is InChI=1S/C13H13NO4/c1-2-18-13(17)10-6-5-9(4-3-7-14)8-11(10)12(15)16/h5-6,8H,2-4H2,1H3,(H,15,16). The third-order valence-electron chi connectivity index (χ3n) is 2.34. The van der Waals surface area contributed by atoms with E-state index in [2.05, 4.69) is 0 Å². The Morgan fingerprint density at radius 2 is 2.11 bits per heavy atom. The summed E-state index contributed by atoms with van der Waals surface area (Å²) in [5, 5.41) is 17.5. The van der Waals surface area contributed by atoms with E-state index in [1.165, 1.54) is 12.1 Å². The van der Waals surface area contributed by atoms with E-state index in [1.54, 1.807) is 13.0 Å². The van der Waals surface area contributed by atoms with Crippen molar-refractivity contribution in [2.24, 2.45) is 0 Å². The minimum atomic E-state index is -1.18. The summed E-state index contributed by atoms with van der Waals surface area (Å²) in [4.78, 5) is 22.6. The largest absolute Gasteiger partial charge is 0.478 e. The second-order valence-electron chi connectivity index (χ2n) is 3.56. The molecular weight excluding hydrogens is 234 g/mol. The fourth-order valence-corrected chi connectivity index (χ4v) is 1.51. The number of carbonyl (C=O) groups is 2. The number of aromatic carboxylic acids is 1. The number of hydrogen-bond acceptors (Lipinski definition) is 4. The van der Waals surface area contributed by atoms with Crippen LogP contribution in [0.3, 0.4) is 0 Å². The first-order valence-corrected chi connectivity index (χ1v) is 5.50. The average Bonchev–Trinajstić information content (AvgIpc) is 2.36. The summed E-state index contributed by atoms with van der Waals surface area (Å²) in [6.45, 7) is 1.84. The molecule has 1 aromatic carbocycles. The Bertz CT molecular complexity index is 502. The highest BCUT2D eigenvalue weighted by Crippen LogP contribution is 2.15. The fourth-order valence-electron chi connectivity index (χ4n) is 1.51. The first-order valence-electron chi connectivity index (χ1n) is 5.50. The Balaban J connectivity index is 3.09. The SMILES string of the molecule is CCOC(=O)c1ccc(CCC#N)cc1C(=O)O. The van der Waals surface area contributed by atoms with Gasteiger partial charge in [0.15, 0.2) is 0 Å². The van der Waals surface area contributed by atoms with Crippen molar-refractivity contribution >= 4 is 11.9 Å². The molecular formula is C13H13NO4. The smallest absolute Gasteiger partial charge is 0.338 e. The first kappa shape index (κ1) is 13.7. The third-order valence-corrected chi connectivity index (χ3v) is 2.34. The number of benzene rings is 1. The zero-order valence-electron chi connectivity index (χ0n) is 9.97. The van der Waals surface area contributed by atoms with Crippen LogP contribution in [-0.4, -0.2) is 23.7 Å². The van der Waals surface area contributed by atoms with E-state index in [0.717, 1.165) is 0 Å². The molecule has 0 heterocycles. The summed E-state index contributed by atoms with van der Waals surface area (Å²) in [5.41, 5.74) is 0.649. The van der Waals surface area contributed by atoms with Gasteiger partial charge >= 0.3 is 11.9 Å². The van der Waals surface area contributed by atoms with Crippen LogP contribution in [0.25, 0.3) is 0 Å². The molecule has 0 aliphatic heterocycles. The molecule has 0 bridgehead atoms. The number of nitriles is 1. The Hall–Kier alpha value is -2.35. The average molecular weight is 247 g/mol. The summed E-state index contributed by atoms with van der Waals surface area (Å²) in [7, 11) is 0. The van der Waals surface area contributed by atoms with Gasteiger partial charge in [-0.05, 0) is 31.0 Å². The Labute approximate surface area is 105 Å². The molecule has 0 aliphatic carbocycles. The summed E-state index contributed by atoms with van der Waals surface area (Å²) in [6.07, 6.45) is 0.762. The van der Waals surface area contributed by atoms with Crippen molar-refractivity contribution in [1.29, 1.82) is 5.26 Å². The van der Waals surface area contributed by atoms with Crippen molar-refractivity contribution in [1.82, 2.24) is 0 Å². The lowest BCUT2D eigenvalue weighted by Crippen LogP contribution is -2.12. The molecule has 0 aliphatic rings. The molecule has 0 unspecified atom stereocenters. The molecule has 0 spiro atoms. The number of aryl methyl sites for hydroxylation is 1. The quantitative estimate of drug-likeness (QED) is 0.804. The number of hydrogen-bond donors (Lipinski definition) is 1. The number of rotatable bonds is 5. The number of carboxylic acids is 1. The van der Waals surface area contributed by atoms with Crippen LogP contribution in [0.5, 0.6) is 0 Å². The van der Waals surface area contributed by atoms with Crippen LogP contribution in [0.15, 0.2) is 18.2 Å². The van der Waals surface area contributed by atoms with Crippen LogP contribution in [0.1, 0.15) is 39.6 Å². The van der Waals surface area contributed by atoms with Crippen molar-refractivity contribution in [2.45, 2.75) is 19.8 Å². The summed E-state index contributed by atoms with van der Waals surface area (Å²) >= 11 is 0. The van der Waals surface area contributed by atoms with Crippen LogP contribution in [0.4, 0.5) is 0 Å². The van der Waals surface area contributed by atoms with Crippen LogP contribution in [-0.2, 0) is 11.2 Å². The highest BCUT2D eigenvalue weighted by atomic mass is 16.5. The van der Waals surface area contributed by atoms with E-state index in [4.69, 9.17) is 15.1 Å². The molecule has 0 amide bonds. The molecule has 1 aromatic rings. The van der Waals surface area contributed by atoms with Crippen molar-refractivity contribution in [2.75, 3.05) is 6.61 Å². The monoisotopic (exact) mass is 247 g/mol. The molecule has 0 radical (unpaired) electrons. The highest BCUT2D eigenvalue weighted by Gasteiger charge is 2.17. The van der Waals surface area contributed by atoms with Gasteiger partial charge in [-0.2, -0.15) is 5.26 Å². The van der Waals surface area contributed by atoms with Crippen molar-refractivity contribution in [3.8, 4) is 6.07 Å². The zero-order chi connectivity index (χ0) is 13.5. The molecule has 5 nitrogen and oxygen atoms in total. The van der Waals surface area contributed by atoms with Gasteiger partial charge in [-0.15, -0.1) is 0 Å². The van der Waals surface area contributed by atoms with E-state index in [-0.39, 0.29) is 17.7 Å². The van der Waals surface area contributed by atoms with E-state index in [9.17, 15) is 9.59 Å². The summed E-state index contributed by atoms with van der Waals surface area (Å²) in [6, 6.07) is 6.45. The molecule has 0 fully saturated rings. The van der Waals surface area contributed by atoms with Crippen LogP contribution < -0.4 is 0 Å². The van der Waals surface area contributed by atoms with E-state index < -0.39 is 11.9 Å². The predicted octanol–water partition coefficient (Wildman–Crippen LogP) is 2.02. The second kappa shape index (κ2) is 6.40. The summed E-state index contributed by atoms with van der Waals surface area (Å²) < 4.78 is 4.79. The third kappa shape index (κ3) is 3.32. The first-order chi connectivity index (χ1) is 8.60. The molecule has 5 heteroatoms. The number of nitrogens with zero attached hydrogens (tertiary/aromatic N) is 1. The molecule has 0 saturated carbocycles. The molecule has 1 rings (SSSR count). The summed E-state index contributed by atoms with van der Waals surface area (Å²) in [5.74, 6) is -1.83. The van der Waals surface area contributed by atoms with Crippen LogP contribution >= 0.6 is 0 Å². The second-order valence-corrected chi connectivity index (χ2v) is 3.56. The maximum atomic E-state index is 11.6. The van der Waals surface area contributed by atoms with E-state index in [1.807, 2.05) is 6.07 Å². The van der Waals surface area contributed by atoms with E-state index in [0.29, 0.717) is 18.4 Å². The van der Waals surface area contributed by atoms with Crippen molar-refractivity contribution < 1.29 is 19.4 Å². The topological polar surface area (TPSA) is 87.4 Å². The van der Waals surface area contributed by atoms with Gasteiger partial charge in [0.05, 0.1) is 23.8 Å². The van der Waals surface area contributed by atoms with Gasteiger partial charge in [0.25, 0.3) is 0 Å². The van der Waals surface area contributed by atoms with Gasteiger partial charge < -0.3 is 9.84 Å². The number of esters is 1. The van der Waals surface area contributed by atoms with Gasteiger partial charge in [0.1, 0.15) is 0 Å². The van der Waals surface area contributed by atoms with E-state index >= 15 is 0 Å². The van der Waals surface area contributed by atoms with Gasteiger partial charge in [0, 0.05) is 6.42 Å². The minimum absolute atomic E-state index is 0.0325. The minimum Gasteiger partial charge on any atom is -0.478 e. The maximum absolute atomic E-state index is 11.6. The maximum Gasteiger partial charge on any atom is 0.338 e. The lowest BCUT2D eigenvalue weighted by Gasteiger charge is -2.07. The number of carboxylic acid groups (broad SMARTS) is 1. The molecule has 18 heavy (non-hydrogen) atoms. The molecule has 0 atom stereocenters.